The molecule has 2 aromatic carbocycles. The molecular formula is C17H23N3. The fourth-order valence-electron chi connectivity index (χ4n) is 3.01. The lowest BCUT2D eigenvalue weighted by atomic mass is 10.1. The monoisotopic (exact) mass is 269 g/mol. The van der Waals surface area contributed by atoms with E-state index in [0.29, 0.717) is 0 Å². The number of nitrogens with two attached hydrogens (primary N) is 1. The Morgan fingerprint density at radius 2 is 1.80 bits per heavy atom. The quantitative estimate of drug-likeness (QED) is 0.837. The summed E-state index contributed by atoms with van der Waals surface area (Å²) in [5.41, 5.74) is 8.05. The third-order valence-electron chi connectivity index (χ3n) is 4.14. The first-order valence-electron chi connectivity index (χ1n) is 7.58. The van der Waals surface area contributed by atoms with Crippen LogP contribution in [0.2, 0.25) is 0 Å². The topological polar surface area (TPSA) is 41.3 Å². The maximum Gasteiger partial charge on any atom is 0.0653 e. The van der Waals surface area contributed by atoms with Crippen LogP contribution in [0.25, 0.3) is 10.8 Å². The summed E-state index contributed by atoms with van der Waals surface area (Å²) in [7, 11) is 0. The normalized spacial score (nSPS) is 16.4. The maximum absolute atomic E-state index is 6.13. The summed E-state index contributed by atoms with van der Waals surface area (Å²) in [4.78, 5) is 2.54. The van der Waals surface area contributed by atoms with Gasteiger partial charge in [-0.25, -0.2) is 0 Å². The molecule has 0 aromatic heterocycles. The number of fused-ring (bicyclic) bond motifs is 1. The van der Waals surface area contributed by atoms with E-state index in [1.807, 2.05) is 6.07 Å². The van der Waals surface area contributed by atoms with Crippen molar-refractivity contribution >= 4 is 22.1 Å². The first-order chi connectivity index (χ1) is 9.84. The van der Waals surface area contributed by atoms with E-state index < -0.39 is 0 Å². The van der Waals surface area contributed by atoms with Gasteiger partial charge < -0.3 is 16.0 Å². The van der Waals surface area contributed by atoms with Crippen molar-refractivity contribution in [3.8, 4) is 0 Å². The Bertz CT molecular complexity index is 573. The zero-order valence-electron chi connectivity index (χ0n) is 11.9. The second-order valence-electron chi connectivity index (χ2n) is 5.58. The average molecular weight is 269 g/mol. The van der Waals surface area contributed by atoms with Crippen LogP contribution in [0, 0.1) is 0 Å². The maximum atomic E-state index is 6.13. The van der Waals surface area contributed by atoms with Crippen molar-refractivity contribution < 1.29 is 0 Å². The number of hydrogen-bond donors (Lipinski definition) is 2. The van der Waals surface area contributed by atoms with E-state index in [1.54, 1.807) is 0 Å². The van der Waals surface area contributed by atoms with Gasteiger partial charge >= 0.3 is 0 Å². The number of nitrogen functional groups attached to an aromatic ring is 1. The molecule has 3 rings (SSSR count). The van der Waals surface area contributed by atoms with Crippen LogP contribution in [-0.4, -0.2) is 31.1 Å². The molecule has 0 spiro atoms. The van der Waals surface area contributed by atoms with E-state index in [9.17, 15) is 0 Å². The average Bonchev–Trinajstić information content (AvgIpc) is 2.50. The fourth-order valence-corrected chi connectivity index (χ4v) is 3.01. The molecule has 0 bridgehead atoms. The van der Waals surface area contributed by atoms with E-state index in [0.717, 1.165) is 24.5 Å². The highest BCUT2D eigenvalue weighted by Gasteiger charge is 2.10. The molecular weight excluding hydrogens is 246 g/mol. The Morgan fingerprint density at radius 3 is 2.65 bits per heavy atom. The van der Waals surface area contributed by atoms with E-state index in [1.165, 1.54) is 43.1 Å². The molecule has 106 valence electrons. The van der Waals surface area contributed by atoms with Crippen molar-refractivity contribution in [2.24, 2.45) is 0 Å². The molecule has 1 heterocycles. The van der Waals surface area contributed by atoms with Crippen LogP contribution in [0.5, 0.6) is 0 Å². The highest BCUT2D eigenvalue weighted by Crippen LogP contribution is 2.29. The minimum absolute atomic E-state index is 0.836. The number of benzene rings is 2. The molecule has 1 aliphatic rings. The van der Waals surface area contributed by atoms with Gasteiger partial charge in [-0.15, -0.1) is 0 Å². The lowest BCUT2D eigenvalue weighted by Crippen LogP contribution is -2.33. The Balaban J connectivity index is 1.68. The van der Waals surface area contributed by atoms with Gasteiger partial charge in [0.1, 0.15) is 0 Å². The van der Waals surface area contributed by atoms with E-state index in [-0.39, 0.29) is 0 Å². The number of nitrogens with one attached hydrogen (secondary N) is 1. The minimum Gasteiger partial charge on any atom is -0.397 e. The molecule has 1 aliphatic heterocycles. The Kier molecular flexibility index (Phi) is 4.07. The first kappa shape index (κ1) is 13.3. The molecule has 0 saturated carbocycles. The van der Waals surface area contributed by atoms with Gasteiger partial charge in [0.15, 0.2) is 0 Å². The summed E-state index contributed by atoms with van der Waals surface area (Å²) < 4.78 is 0. The minimum atomic E-state index is 0.836. The van der Waals surface area contributed by atoms with Gasteiger partial charge in [-0.05, 0) is 37.4 Å². The lowest BCUT2D eigenvalue weighted by molar-refractivity contribution is 0.237. The van der Waals surface area contributed by atoms with Gasteiger partial charge in [-0.1, -0.05) is 36.8 Å². The van der Waals surface area contributed by atoms with Gasteiger partial charge in [0.2, 0.25) is 0 Å². The smallest absolute Gasteiger partial charge is 0.0653 e. The van der Waals surface area contributed by atoms with Crippen molar-refractivity contribution in [1.29, 1.82) is 0 Å². The number of likely N-dealkylation sites (tertiary alicyclic amines) is 1. The van der Waals surface area contributed by atoms with Gasteiger partial charge in [-0.2, -0.15) is 0 Å². The van der Waals surface area contributed by atoms with Gasteiger partial charge in [0.25, 0.3) is 0 Å². The van der Waals surface area contributed by atoms with Crippen molar-refractivity contribution in [3.05, 3.63) is 36.4 Å². The highest BCUT2D eigenvalue weighted by atomic mass is 15.1. The lowest BCUT2D eigenvalue weighted by Gasteiger charge is -2.26. The Hall–Kier alpha value is -1.74. The third-order valence-corrected chi connectivity index (χ3v) is 4.14. The molecule has 20 heavy (non-hydrogen) atoms. The van der Waals surface area contributed by atoms with Crippen LogP contribution in [0.1, 0.15) is 19.3 Å². The van der Waals surface area contributed by atoms with Crippen LogP contribution >= 0.6 is 0 Å². The molecule has 0 unspecified atom stereocenters. The number of rotatable bonds is 4. The molecule has 0 radical (unpaired) electrons. The molecule has 0 amide bonds. The second kappa shape index (κ2) is 6.14. The molecule has 3 heteroatoms. The highest BCUT2D eigenvalue weighted by molar-refractivity contribution is 5.99. The number of anilines is 2. The fraction of sp³-hybridized carbons (Fsp3) is 0.412. The second-order valence-corrected chi connectivity index (χ2v) is 5.58. The molecule has 0 atom stereocenters. The van der Waals surface area contributed by atoms with Crippen LogP contribution in [0.3, 0.4) is 0 Å². The standard InChI is InChI=1S/C17H23N3/c18-16-9-8-14-6-2-3-7-15(14)17(16)19-10-13-20-11-4-1-5-12-20/h2-3,6-9,19H,1,4-5,10-13,18H2. The number of nitrogens with zero attached hydrogens (tertiary/aromatic N) is 1. The summed E-state index contributed by atoms with van der Waals surface area (Å²) in [5, 5.41) is 5.99. The van der Waals surface area contributed by atoms with Gasteiger partial charge in [0.05, 0.1) is 11.4 Å². The molecule has 2 aromatic rings. The Morgan fingerprint density at radius 1 is 1.00 bits per heavy atom. The summed E-state index contributed by atoms with van der Waals surface area (Å²) in [6, 6.07) is 12.5. The SMILES string of the molecule is Nc1ccc2ccccc2c1NCCN1CCCCC1. The zero-order valence-corrected chi connectivity index (χ0v) is 11.9. The summed E-state index contributed by atoms with van der Waals surface area (Å²) in [6.07, 6.45) is 4.08. The predicted octanol–water partition coefficient (Wildman–Crippen LogP) is 3.32. The Labute approximate surface area is 120 Å². The summed E-state index contributed by atoms with van der Waals surface area (Å²) in [5.74, 6) is 0. The van der Waals surface area contributed by atoms with Crippen molar-refractivity contribution in [2.45, 2.75) is 19.3 Å². The van der Waals surface area contributed by atoms with E-state index >= 15 is 0 Å². The van der Waals surface area contributed by atoms with Crippen molar-refractivity contribution in [3.63, 3.8) is 0 Å². The third kappa shape index (κ3) is 2.88. The number of piperidine rings is 1. The molecule has 0 aliphatic carbocycles. The molecule has 3 nitrogen and oxygen atoms in total. The van der Waals surface area contributed by atoms with Crippen LogP contribution in [0.15, 0.2) is 36.4 Å². The molecule has 1 saturated heterocycles. The predicted molar refractivity (Wildman–Crippen MR) is 87.1 cm³/mol. The molecule has 1 fully saturated rings. The largest absolute Gasteiger partial charge is 0.397 e. The van der Waals surface area contributed by atoms with E-state index in [2.05, 4.69) is 40.5 Å². The van der Waals surface area contributed by atoms with Crippen LogP contribution in [-0.2, 0) is 0 Å². The summed E-state index contributed by atoms with van der Waals surface area (Å²) in [6.45, 7) is 4.54. The van der Waals surface area contributed by atoms with Gasteiger partial charge in [0, 0.05) is 18.5 Å². The zero-order chi connectivity index (χ0) is 13.8. The molecule has 3 N–H and O–H groups in total. The first-order valence-corrected chi connectivity index (χ1v) is 7.58. The van der Waals surface area contributed by atoms with Crippen LogP contribution in [0.4, 0.5) is 11.4 Å². The van der Waals surface area contributed by atoms with Gasteiger partial charge in [-0.3, -0.25) is 0 Å². The van der Waals surface area contributed by atoms with Crippen LogP contribution < -0.4 is 11.1 Å². The van der Waals surface area contributed by atoms with Crippen molar-refractivity contribution in [1.82, 2.24) is 4.90 Å². The number of hydrogen-bond acceptors (Lipinski definition) is 3. The summed E-state index contributed by atoms with van der Waals surface area (Å²) >= 11 is 0. The van der Waals surface area contributed by atoms with Crippen molar-refractivity contribution in [2.75, 3.05) is 37.2 Å². The van der Waals surface area contributed by atoms with E-state index in [4.69, 9.17) is 5.73 Å².